The Morgan fingerprint density at radius 1 is 1.17 bits per heavy atom. The summed E-state index contributed by atoms with van der Waals surface area (Å²) in [7, 11) is 2.16. The van der Waals surface area contributed by atoms with E-state index in [-0.39, 0.29) is 0 Å². The third-order valence-corrected chi connectivity index (χ3v) is 4.96. The fourth-order valence-corrected chi connectivity index (χ4v) is 3.72. The summed E-state index contributed by atoms with van der Waals surface area (Å²) in [5.41, 5.74) is 0. The zero-order valence-corrected chi connectivity index (χ0v) is 12.3. The molecule has 2 rings (SSSR count). The highest BCUT2D eigenvalue weighted by Gasteiger charge is 2.26. The monoisotopic (exact) mass is 253 g/mol. The highest BCUT2D eigenvalue weighted by atomic mass is 15.2. The van der Waals surface area contributed by atoms with Crippen LogP contribution in [-0.2, 0) is 0 Å². The molecule has 0 bridgehead atoms. The molecule has 1 aliphatic carbocycles. The first-order chi connectivity index (χ1) is 8.81. The molecule has 2 N–H and O–H groups in total. The van der Waals surface area contributed by atoms with Crippen molar-refractivity contribution in [3.8, 4) is 0 Å². The van der Waals surface area contributed by atoms with E-state index in [0.717, 1.165) is 31.1 Å². The van der Waals surface area contributed by atoms with Gasteiger partial charge in [-0.25, -0.2) is 0 Å². The van der Waals surface area contributed by atoms with Gasteiger partial charge in [-0.3, -0.25) is 4.90 Å². The maximum absolute atomic E-state index is 3.60. The van der Waals surface area contributed by atoms with Gasteiger partial charge in [-0.15, -0.1) is 0 Å². The third-order valence-electron chi connectivity index (χ3n) is 4.96. The fourth-order valence-electron chi connectivity index (χ4n) is 3.72. The molecule has 106 valence electrons. The molecule has 2 atom stereocenters. The van der Waals surface area contributed by atoms with E-state index in [1.165, 1.54) is 51.6 Å². The number of rotatable bonds is 5. The van der Waals surface area contributed by atoms with Gasteiger partial charge in [-0.1, -0.05) is 19.3 Å². The Bertz CT molecular complexity index is 220. The largest absolute Gasteiger partial charge is 0.317 e. The van der Waals surface area contributed by atoms with Crippen LogP contribution in [0.2, 0.25) is 0 Å². The van der Waals surface area contributed by atoms with E-state index in [0.29, 0.717) is 0 Å². The predicted octanol–water partition coefficient (Wildman–Crippen LogP) is 1.84. The molecular formula is C15H31N3. The summed E-state index contributed by atoms with van der Waals surface area (Å²) >= 11 is 0. The molecule has 2 unspecified atom stereocenters. The summed E-state index contributed by atoms with van der Waals surface area (Å²) in [4.78, 5) is 2.66. The minimum atomic E-state index is 0.728. The second kappa shape index (κ2) is 7.46. The number of hydrogen-bond acceptors (Lipinski definition) is 3. The van der Waals surface area contributed by atoms with Crippen molar-refractivity contribution >= 4 is 0 Å². The first-order valence-corrected chi connectivity index (χ1v) is 7.93. The SMILES string of the molecule is CNC(CC(C)N1CCNCC1)C1CCCCC1. The summed E-state index contributed by atoms with van der Waals surface area (Å²) < 4.78 is 0. The molecule has 2 fully saturated rings. The first-order valence-electron chi connectivity index (χ1n) is 7.93. The fraction of sp³-hybridized carbons (Fsp3) is 1.00. The molecule has 1 saturated carbocycles. The predicted molar refractivity (Wildman–Crippen MR) is 77.9 cm³/mol. The van der Waals surface area contributed by atoms with Crippen LogP contribution >= 0.6 is 0 Å². The van der Waals surface area contributed by atoms with Crippen LogP contribution in [0.1, 0.15) is 45.4 Å². The van der Waals surface area contributed by atoms with Crippen LogP contribution in [0.4, 0.5) is 0 Å². The number of nitrogens with zero attached hydrogens (tertiary/aromatic N) is 1. The van der Waals surface area contributed by atoms with Crippen LogP contribution in [0, 0.1) is 5.92 Å². The second-order valence-electron chi connectivity index (χ2n) is 6.16. The summed E-state index contributed by atoms with van der Waals surface area (Å²) in [6, 6.07) is 1.46. The van der Waals surface area contributed by atoms with Gasteiger partial charge in [0, 0.05) is 38.3 Å². The maximum Gasteiger partial charge on any atom is 0.0110 e. The number of hydrogen-bond donors (Lipinski definition) is 2. The standard InChI is InChI=1S/C15H31N3/c1-13(18-10-8-17-9-11-18)12-15(16-2)14-6-4-3-5-7-14/h13-17H,3-12H2,1-2H3. The average molecular weight is 253 g/mol. The van der Waals surface area contributed by atoms with Gasteiger partial charge in [0.05, 0.1) is 0 Å². The van der Waals surface area contributed by atoms with E-state index in [9.17, 15) is 0 Å². The first kappa shape index (κ1) is 14.3. The summed E-state index contributed by atoms with van der Waals surface area (Å²) in [6.45, 7) is 7.19. The summed E-state index contributed by atoms with van der Waals surface area (Å²) in [6.07, 6.45) is 8.57. The van der Waals surface area contributed by atoms with Crippen LogP contribution < -0.4 is 10.6 Å². The van der Waals surface area contributed by atoms with Gasteiger partial charge >= 0.3 is 0 Å². The maximum atomic E-state index is 3.60. The lowest BCUT2D eigenvalue weighted by Crippen LogP contribution is -2.50. The van der Waals surface area contributed by atoms with Gasteiger partial charge in [-0.2, -0.15) is 0 Å². The van der Waals surface area contributed by atoms with Gasteiger partial charge in [0.25, 0.3) is 0 Å². The average Bonchev–Trinajstić information content (AvgIpc) is 2.46. The van der Waals surface area contributed by atoms with Crippen molar-refractivity contribution in [2.45, 2.75) is 57.5 Å². The molecule has 1 saturated heterocycles. The van der Waals surface area contributed by atoms with E-state index in [2.05, 4.69) is 29.5 Å². The molecule has 3 nitrogen and oxygen atoms in total. The topological polar surface area (TPSA) is 27.3 Å². The summed E-state index contributed by atoms with van der Waals surface area (Å²) in [5, 5.41) is 7.04. The van der Waals surface area contributed by atoms with Crippen LogP contribution in [0.15, 0.2) is 0 Å². The molecule has 0 spiro atoms. The molecule has 1 heterocycles. The van der Waals surface area contributed by atoms with Gasteiger partial charge < -0.3 is 10.6 Å². The second-order valence-corrected chi connectivity index (χ2v) is 6.16. The van der Waals surface area contributed by atoms with E-state index < -0.39 is 0 Å². The lowest BCUT2D eigenvalue weighted by molar-refractivity contribution is 0.148. The van der Waals surface area contributed by atoms with Crippen LogP contribution in [0.25, 0.3) is 0 Å². The molecule has 0 aromatic rings. The lowest BCUT2D eigenvalue weighted by atomic mass is 9.81. The van der Waals surface area contributed by atoms with Crippen molar-refractivity contribution in [3.05, 3.63) is 0 Å². The molecule has 0 amide bonds. The van der Waals surface area contributed by atoms with Crippen molar-refractivity contribution in [2.24, 2.45) is 5.92 Å². The van der Waals surface area contributed by atoms with Crippen molar-refractivity contribution in [2.75, 3.05) is 33.2 Å². The Balaban J connectivity index is 1.80. The Morgan fingerprint density at radius 2 is 1.83 bits per heavy atom. The van der Waals surface area contributed by atoms with Gasteiger partial charge in [0.1, 0.15) is 0 Å². The number of nitrogens with one attached hydrogen (secondary N) is 2. The Labute approximate surface area is 113 Å². The van der Waals surface area contributed by atoms with Crippen molar-refractivity contribution < 1.29 is 0 Å². The minimum Gasteiger partial charge on any atom is -0.317 e. The zero-order chi connectivity index (χ0) is 12.8. The van der Waals surface area contributed by atoms with Crippen LogP contribution in [0.3, 0.4) is 0 Å². The van der Waals surface area contributed by atoms with Gasteiger partial charge in [0.15, 0.2) is 0 Å². The molecule has 0 aromatic carbocycles. The normalized spacial score (nSPS) is 27.0. The molecule has 0 radical (unpaired) electrons. The van der Waals surface area contributed by atoms with Crippen molar-refractivity contribution in [3.63, 3.8) is 0 Å². The Morgan fingerprint density at radius 3 is 2.44 bits per heavy atom. The van der Waals surface area contributed by atoms with Crippen molar-refractivity contribution in [1.82, 2.24) is 15.5 Å². The van der Waals surface area contributed by atoms with Gasteiger partial charge in [-0.05, 0) is 39.2 Å². The lowest BCUT2D eigenvalue weighted by Gasteiger charge is -2.37. The highest BCUT2D eigenvalue weighted by molar-refractivity contribution is 4.83. The molecule has 18 heavy (non-hydrogen) atoms. The van der Waals surface area contributed by atoms with E-state index in [1.54, 1.807) is 0 Å². The van der Waals surface area contributed by atoms with Gasteiger partial charge in [0.2, 0.25) is 0 Å². The highest BCUT2D eigenvalue weighted by Crippen LogP contribution is 2.28. The van der Waals surface area contributed by atoms with Crippen LogP contribution in [-0.4, -0.2) is 50.2 Å². The summed E-state index contributed by atoms with van der Waals surface area (Å²) in [5.74, 6) is 0.925. The van der Waals surface area contributed by atoms with Crippen LogP contribution in [0.5, 0.6) is 0 Å². The molecule has 1 aliphatic heterocycles. The van der Waals surface area contributed by atoms with E-state index >= 15 is 0 Å². The molecular weight excluding hydrogens is 222 g/mol. The van der Waals surface area contributed by atoms with E-state index in [1.807, 2.05) is 0 Å². The van der Waals surface area contributed by atoms with Crippen molar-refractivity contribution in [1.29, 1.82) is 0 Å². The smallest absolute Gasteiger partial charge is 0.0110 e. The quantitative estimate of drug-likeness (QED) is 0.783. The third kappa shape index (κ3) is 3.94. The molecule has 3 heteroatoms. The minimum absolute atomic E-state index is 0.728. The molecule has 2 aliphatic rings. The Kier molecular flexibility index (Phi) is 5.93. The van der Waals surface area contributed by atoms with E-state index in [4.69, 9.17) is 0 Å². The Hall–Kier alpha value is -0.120. The molecule has 0 aromatic heterocycles. The number of piperazine rings is 1. The zero-order valence-electron chi connectivity index (χ0n) is 12.3.